The topological polar surface area (TPSA) is 105 Å². The zero-order valence-electron chi connectivity index (χ0n) is 19.7. The molecule has 2 N–H and O–H groups in total. The summed E-state index contributed by atoms with van der Waals surface area (Å²) in [4.78, 5) is 35.0. The van der Waals surface area contributed by atoms with Crippen molar-refractivity contribution in [2.24, 2.45) is 5.41 Å². The van der Waals surface area contributed by atoms with Gasteiger partial charge in [0.25, 0.3) is 11.5 Å². The Kier molecular flexibility index (Phi) is 4.66. The van der Waals surface area contributed by atoms with Gasteiger partial charge in [0.05, 0.1) is 27.2 Å². The van der Waals surface area contributed by atoms with E-state index in [9.17, 15) is 9.59 Å². The van der Waals surface area contributed by atoms with Gasteiger partial charge in [0.2, 0.25) is 0 Å². The molecular formula is C27H24N6O2S. The molecule has 1 aromatic carbocycles. The van der Waals surface area contributed by atoms with Gasteiger partial charge in [0.15, 0.2) is 0 Å². The first-order chi connectivity index (χ1) is 17.5. The van der Waals surface area contributed by atoms with Crippen LogP contribution in [0, 0.1) is 12.3 Å². The Morgan fingerprint density at radius 1 is 1.11 bits per heavy atom. The van der Waals surface area contributed by atoms with Gasteiger partial charge in [-0.3, -0.25) is 14.0 Å². The molecule has 36 heavy (non-hydrogen) atoms. The van der Waals surface area contributed by atoms with Crippen molar-refractivity contribution in [3.05, 3.63) is 81.7 Å². The number of aromatic amines is 1. The number of benzene rings is 1. The molecule has 4 aromatic heterocycles. The minimum Gasteiger partial charge on any atom is -0.348 e. The highest BCUT2D eigenvalue weighted by Gasteiger charge is 2.54. The van der Waals surface area contributed by atoms with Crippen molar-refractivity contribution in [2.45, 2.75) is 44.6 Å². The van der Waals surface area contributed by atoms with E-state index in [1.54, 1.807) is 17.5 Å². The van der Waals surface area contributed by atoms with E-state index in [-0.39, 0.29) is 22.9 Å². The lowest BCUT2D eigenvalue weighted by Crippen LogP contribution is -2.55. The fourth-order valence-electron chi connectivity index (χ4n) is 6.10. The van der Waals surface area contributed by atoms with Crippen LogP contribution in [0.25, 0.3) is 26.9 Å². The van der Waals surface area contributed by atoms with Crippen LogP contribution in [-0.4, -0.2) is 36.5 Å². The van der Waals surface area contributed by atoms with Crippen molar-refractivity contribution in [3.63, 3.8) is 0 Å². The lowest BCUT2D eigenvalue weighted by molar-refractivity contribution is -0.0197. The second-order valence-corrected chi connectivity index (χ2v) is 11.4. The van der Waals surface area contributed by atoms with Crippen molar-refractivity contribution in [3.8, 4) is 10.4 Å². The van der Waals surface area contributed by atoms with Crippen molar-refractivity contribution >= 4 is 33.7 Å². The average Bonchev–Trinajstić information content (AvgIpc) is 3.46. The normalized spacial score (nSPS) is 23.0. The van der Waals surface area contributed by atoms with Crippen molar-refractivity contribution in [2.75, 3.05) is 0 Å². The van der Waals surface area contributed by atoms with Crippen LogP contribution < -0.4 is 10.9 Å². The molecule has 0 unspecified atom stereocenters. The monoisotopic (exact) mass is 496 g/mol. The summed E-state index contributed by atoms with van der Waals surface area (Å²) >= 11 is 1.64. The number of fused-ring (bicyclic) bond motifs is 2. The van der Waals surface area contributed by atoms with E-state index < -0.39 is 0 Å². The summed E-state index contributed by atoms with van der Waals surface area (Å²) in [5.74, 6) is 0.256. The fourth-order valence-corrected chi connectivity index (χ4v) is 6.88. The van der Waals surface area contributed by atoms with E-state index in [1.165, 1.54) is 0 Å². The number of aromatic nitrogens is 5. The summed E-state index contributed by atoms with van der Waals surface area (Å²) in [6.07, 6.45) is 9.45. The summed E-state index contributed by atoms with van der Waals surface area (Å²) in [5, 5.41) is 12.9. The van der Waals surface area contributed by atoms with Crippen LogP contribution in [0.3, 0.4) is 0 Å². The third-order valence-corrected chi connectivity index (χ3v) is 8.78. The lowest BCUT2D eigenvalue weighted by Gasteiger charge is -2.57. The molecule has 2 aliphatic carbocycles. The standard InChI is InChI=1S/C27H24N6O2S/c1-15-28-14-22(36-15)16-6-7-33-21(13-29-23(33)8-16)26(35)30-18-11-27(12-18)9-17(10-27)24-19-4-2-3-5-20(19)25(34)32-31-24/h2-8,13-14,17-18H,9-12H2,1H3,(H,30,35)(H,32,34). The largest absolute Gasteiger partial charge is 0.348 e. The van der Waals surface area contributed by atoms with Gasteiger partial charge in [-0.15, -0.1) is 11.3 Å². The predicted molar refractivity (Wildman–Crippen MR) is 138 cm³/mol. The molecule has 0 saturated heterocycles. The van der Waals surface area contributed by atoms with E-state index in [1.807, 2.05) is 60.1 Å². The molecule has 9 heteroatoms. The zero-order valence-corrected chi connectivity index (χ0v) is 20.5. The lowest BCUT2D eigenvalue weighted by atomic mass is 9.49. The molecular weight excluding hydrogens is 472 g/mol. The van der Waals surface area contributed by atoms with Crippen molar-refractivity contribution in [1.29, 1.82) is 0 Å². The van der Waals surface area contributed by atoms with Crippen LogP contribution in [-0.2, 0) is 0 Å². The SMILES string of the molecule is Cc1ncc(-c2ccn3c(C(=O)NC4CC5(C4)CC(c4n[nH]c(=O)c6ccccc46)C5)cnc3c2)s1. The Balaban J connectivity index is 1.01. The number of nitrogens with one attached hydrogen (secondary N) is 2. The van der Waals surface area contributed by atoms with Crippen LogP contribution in [0.15, 0.2) is 59.8 Å². The molecule has 5 aromatic rings. The number of amides is 1. The van der Waals surface area contributed by atoms with Crippen LogP contribution in [0.1, 0.15) is 52.8 Å². The van der Waals surface area contributed by atoms with Gasteiger partial charge in [0, 0.05) is 29.7 Å². The summed E-state index contributed by atoms with van der Waals surface area (Å²) in [7, 11) is 0. The third-order valence-electron chi connectivity index (χ3n) is 7.82. The van der Waals surface area contributed by atoms with Gasteiger partial charge < -0.3 is 5.32 Å². The summed E-state index contributed by atoms with van der Waals surface area (Å²) < 4.78 is 1.84. The Morgan fingerprint density at radius 2 is 1.92 bits per heavy atom. The second kappa shape index (κ2) is 7.83. The van der Waals surface area contributed by atoms with Gasteiger partial charge in [-0.25, -0.2) is 15.1 Å². The molecule has 0 aliphatic heterocycles. The molecule has 0 bridgehead atoms. The van der Waals surface area contributed by atoms with Crippen molar-refractivity contribution in [1.82, 2.24) is 29.9 Å². The van der Waals surface area contributed by atoms with Crippen molar-refractivity contribution < 1.29 is 4.79 Å². The highest BCUT2D eigenvalue weighted by molar-refractivity contribution is 7.15. The number of aryl methyl sites for hydroxylation is 1. The Hall–Kier alpha value is -3.85. The van der Waals surface area contributed by atoms with Gasteiger partial charge in [0.1, 0.15) is 11.3 Å². The highest BCUT2D eigenvalue weighted by atomic mass is 32.1. The third kappa shape index (κ3) is 3.37. The molecule has 0 radical (unpaired) electrons. The average molecular weight is 497 g/mol. The Bertz CT molecular complexity index is 1700. The molecule has 1 spiro atoms. The summed E-state index contributed by atoms with van der Waals surface area (Å²) in [5.41, 5.74) is 3.46. The van der Waals surface area contributed by atoms with E-state index in [0.717, 1.165) is 57.9 Å². The fraction of sp³-hybridized carbons (Fsp3) is 0.296. The number of thiazole rings is 1. The van der Waals surface area contributed by atoms with Gasteiger partial charge in [-0.05, 0) is 61.8 Å². The number of nitrogens with zero attached hydrogens (tertiary/aromatic N) is 4. The van der Waals surface area contributed by atoms with E-state index in [4.69, 9.17) is 0 Å². The quantitative estimate of drug-likeness (QED) is 0.382. The van der Waals surface area contributed by atoms with E-state index in [2.05, 4.69) is 25.5 Å². The maximum absolute atomic E-state index is 13.0. The number of carbonyl (C=O) groups excluding carboxylic acids is 1. The molecule has 8 nitrogen and oxygen atoms in total. The van der Waals surface area contributed by atoms with Gasteiger partial charge in [-0.2, -0.15) is 5.10 Å². The molecule has 1 amide bonds. The number of H-pyrrole nitrogens is 1. The number of pyridine rings is 1. The Labute approximate surface area is 210 Å². The Morgan fingerprint density at radius 3 is 2.69 bits per heavy atom. The number of carbonyl (C=O) groups is 1. The van der Waals surface area contributed by atoms with E-state index >= 15 is 0 Å². The molecule has 2 fully saturated rings. The molecule has 0 atom stereocenters. The van der Waals surface area contributed by atoms with E-state index in [0.29, 0.717) is 17.0 Å². The summed E-state index contributed by atoms with van der Waals surface area (Å²) in [6, 6.07) is 11.8. The maximum Gasteiger partial charge on any atom is 0.272 e. The molecule has 2 saturated carbocycles. The van der Waals surface area contributed by atoms with Crippen LogP contribution in [0.2, 0.25) is 0 Å². The first-order valence-electron chi connectivity index (χ1n) is 12.2. The maximum atomic E-state index is 13.0. The van der Waals surface area contributed by atoms with Crippen LogP contribution >= 0.6 is 11.3 Å². The minimum atomic E-state index is -0.142. The molecule has 180 valence electrons. The second-order valence-electron chi connectivity index (χ2n) is 10.2. The van der Waals surface area contributed by atoms with Gasteiger partial charge >= 0.3 is 0 Å². The number of hydrogen-bond acceptors (Lipinski definition) is 6. The zero-order chi connectivity index (χ0) is 24.4. The van der Waals surface area contributed by atoms with Gasteiger partial charge in [-0.1, -0.05) is 18.2 Å². The van der Waals surface area contributed by atoms with Crippen LogP contribution in [0.5, 0.6) is 0 Å². The molecule has 4 heterocycles. The molecule has 2 aliphatic rings. The summed E-state index contributed by atoms with van der Waals surface area (Å²) in [6.45, 7) is 1.99. The number of imidazole rings is 1. The molecule has 7 rings (SSSR count). The predicted octanol–water partition coefficient (Wildman–Crippen LogP) is 4.46. The highest BCUT2D eigenvalue weighted by Crippen LogP contribution is 2.62. The smallest absolute Gasteiger partial charge is 0.272 e. The minimum absolute atomic E-state index is 0.0899. The first-order valence-corrected chi connectivity index (χ1v) is 13.0. The first kappa shape index (κ1) is 21.4. The number of hydrogen-bond donors (Lipinski definition) is 2. The number of rotatable bonds is 4. The van der Waals surface area contributed by atoms with Crippen LogP contribution in [0.4, 0.5) is 0 Å².